The Bertz CT molecular complexity index is 1530. The van der Waals surface area contributed by atoms with Gasteiger partial charge in [-0.1, -0.05) is 79.8 Å². The molecule has 1 fully saturated rings. The molecule has 1 saturated carbocycles. The highest BCUT2D eigenvalue weighted by Gasteiger charge is 2.35. The van der Waals surface area contributed by atoms with Gasteiger partial charge in [-0.05, 0) is 75.4 Å². The van der Waals surface area contributed by atoms with Crippen LogP contribution in [0.5, 0.6) is 5.75 Å². The van der Waals surface area contributed by atoms with Crippen LogP contribution >= 0.6 is 0 Å². The van der Waals surface area contributed by atoms with E-state index in [2.05, 4.69) is 5.32 Å². The van der Waals surface area contributed by atoms with Crippen molar-refractivity contribution < 1.29 is 22.7 Å². The standard InChI is InChI=1S/C35H45N3O5S/c1-6-31(35(40)36-29-10-8-7-9-11-29)37(23-28-17-12-25(2)13-18-28)34(39)24-38(32-22-27(4)16-21-33(32)43-5)44(41,42)30-19-14-26(3)15-20-30/h12-22,29,31H,6-11,23-24H2,1-5H3,(H,36,40). The van der Waals surface area contributed by atoms with Crippen molar-refractivity contribution in [3.8, 4) is 5.75 Å². The normalized spacial score (nSPS) is 14.5. The number of anilines is 1. The van der Waals surface area contributed by atoms with E-state index in [1.165, 1.54) is 12.0 Å². The van der Waals surface area contributed by atoms with E-state index in [4.69, 9.17) is 4.74 Å². The summed E-state index contributed by atoms with van der Waals surface area (Å²) in [5.74, 6) is -0.359. The SMILES string of the molecule is CCC(C(=O)NC1CCCCC1)N(Cc1ccc(C)cc1)C(=O)CN(c1cc(C)ccc1OC)S(=O)(=O)c1ccc(C)cc1. The Balaban J connectivity index is 1.75. The summed E-state index contributed by atoms with van der Waals surface area (Å²) in [4.78, 5) is 29.7. The molecule has 1 unspecified atom stereocenters. The van der Waals surface area contributed by atoms with E-state index in [1.54, 1.807) is 36.4 Å². The van der Waals surface area contributed by atoms with Gasteiger partial charge in [-0.2, -0.15) is 0 Å². The molecule has 0 saturated heterocycles. The molecule has 236 valence electrons. The summed E-state index contributed by atoms with van der Waals surface area (Å²) >= 11 is 0. The Labute approximate surface area is 262 Å². The summed E-state index contributed by atoms with van der Waals surface area (Å²) in [5.41, 5.74) is 3.92. The summed E-state index contributed by atoms with van der Waals surface area (Å²) in [5, 5.41) is 3.19. The first-order chi connectivity index (χ1) is 21.0. The fourth-order valence-electron chi connectivity index (χ4n) is 5.70. The maximum atomic E-state index is 14.4. The average molecular weight is 620 g/mol. The van der Waals surface area contributed by atoms with Crippen molar-refractivity contribution in [1.82, 2.24) is 10.2 Å². The van der Waals surface area contributed by atoms with Crippen molar-refractivity contribution in [2.75, 3.05) is 18.0 Å². The zero-order valence-electron chi connectivity index (χ0n) is 26.5. The highest BCUT2D eigenvalue weighted by atomic mass is 32.2. The fraction of sp³-hybridized carbons (Fsp3) is 0.429. The van der Waals surface area contributed by atoms with E-state index in [0.29, 0.717) is 12.2 Å². The van der Waals surface area contributed by atoms with E-state index in [1.807, 2.05) is 58.0 Å². The van der Waals surface area contributed by atoms with E-state index < -0.39 is 28.5 Å². The summed E-state index contributed by atoms with van der Waals surface area (Å²) in [6, 6.07) is 18.9. The number of nitrogens with zero attached hydrogens (tertiary/aromatic N) is 2. The topological polar surface area (TPSA) is 96.0 Å². The quantitative estimate of drug-likeness (QED) is 0.266. The minimum Gasteiger partial charge on any atom is -0.495 e. The molecule has 1 aliphatic carbocycles. The minimum absolute atomic E-state index is 0.0617. The molecule has 0 aliphatic heterocycles. The molecule has 44 heavy (non-hydrogen) atoms. The summed E-state index contributed by atoms with van der Waals surface area (Å²) in [6.45, 7) is 7.27. The van der Waals surface area contributed by atoms with Gasteiger partial charge in [0.05, 0.1) is 17.7 Å². The molecule has 1 atom stereocenters. The van der Waals surface area contributed by atoms with Gasteiger partial charge in [-0.15, -0.1) is 0 Å². The lowest BCUT2D eigenvalue weighted by atomic mass is 9.95. The van der Waals surface area contributed by atoms with Gasteiger partial charge in [0.15, 0.2) is 0 Å². The largest absolute Gasteiger partial charge is 0.495 e. The van der Waals surface area contributed by atoms with E-state index in [-0.39, 0.29) is 29.1 Å². The number of hydrogen-bond donors (Lipinski definition) is 1. The number of carbonyl (C=O) groups excluding carboxylic acids is 2. The molecule has 4 rings (SSSR count). The smallest absolute Gasteiger partial charge is 0.264 e. The molecule has 0 bridgehead atoms. The third kappa shape index (κ3) is 8.00. The first-order valence-electron chi connectivity index (χ1n) is 15.4. The second-order valence-electron chi connectivity index (χ2n) is 11.8. The number of rotatable bonds is 12. The van der Waals surface area contributed by atoms with E-state index in [0.717, 1.165) is 58.7 Å². The Hall–Kier alpha value is -3.85. The lowest BCUT2D eigenvalue weighted by Gasteiger charge is -2.34. The molecule has 8 nitrogen and oxygen atoms in total. The molecule has 2 amide bonds. The van der Waals surface area contributed by atoms with Gasteiger partial charge in [-0.3, -0.25) is 13.9 Å². The van der Waals surface area contributed by atoms with Crippen LogP contribution in [0.1, 0.15) is 67.7 Å². The fourth-order valence-corrected chi connectivity index (χ4v) is 7.12. The van der Waals surface area contributed by atoms with E-state index >= 15 is 0 Å². The predicted octanol–water partition coefficient (Wildman–Crippen LogP) is 6.07. The molecule has 0 aromatic heterocycles. The van der Waals surface area contributed by atoms with Crippen LogP contribution in [0, 0.1) is 20.8 Å². The van der Waals surface area contributed by atoms with Crippen LogP contribution in [0.2, 0.25) is 0 Å². The van der Waals surface area contributed by atoms with Crippen molar-refractivity contribution in [2.24, 2.45) is 0 Å². The second kappa shape index (κ2) is 14.8. The van der Waals surface area contributed by atoms with Crippen LogP contribution in [-0.4, -0.2) is 50.9 Å². The molecule has 1 N–H and O–H groups in total. The monoisotopic (exact) mass is 619 g/mol. The van der Waals surface area contributed by atoms with Gasteiger partial charge < -0.3 is 15.0 Å². The van der Waals surface area contributed by atoms with Crippen LogP contribution in [-0.2, 0) is 26.2 Å². The zero-order valence-corrected chi connectivity index (χ0v) is 27.3. The molecule has 9 heteroatoms. The number of ether oxygens (including phenoxy) is 1. The Morgan fingerprint density at radius 3 is 2.07 bits per heavy atom. The Morgan fingerprint density at radius 2 is 1.48 bits per heavy atom. The van der Waals surface area contributed by atoms with Crippen LogP contribution in [0.4, 0.5) is 5.69 Å². The number of sulfonamides is 1. The molecular formula is C35H45N3O5S. The predicted molar refractivity (Wildman–Crippen MR) is 174 cm³/mol. The van der Waals surface area contributed by atoms with Crippen molar-refractivity contribution >= 4 is 27.5 Å². The van der Waals surface area contributed by atoms with Gasteiger partial charge in [0.2, 0.25) is 11.8 Å². The van der Waals surface area contributed by atoms with Crippen LogP contribution in [0.15, 0.2) is 71.6 Å². The number of hydrogen-bond acceptors (Lipinski definition) is 5. The summed E-state index contributed by atoms with van der Waals surface area (Å²) < 4.78 is 35.2. The number of aryl methyl sites for hydroxylation is 3. The third-order valence-corrected chi connectivity index (χ3v) is 10.1. The number of amides is 2. The molecule has 1 aliphatic rings. The van der Waals surface area contributed by atoms with Gasteiger partial charge in [-0.25, -0.2) is 8.42 Å². The van der Waals surface area contributed by atoms with Gasteiger partial charge in [0.1, 0.15) is 18.3 Å². The lowest BCUT2D eigenvalue weighted by molar-refractivity contribution is -0.140. The van der Waals surface area contributed by atoms with Crippen LogP contribution < -0.4 is 14.4 Å². The molecule has 3 aromatic carbocycles. The minimum atomic E-state index is -4.20. The lowest BCUT2D eigenvalue weighted by Crippen LogP contribution is -2.54. The maximum Gasteiger partial charge on any atom is 0.264 e. The van der Waals surface area contributed by atoms with Gasteiger partial charge in [0.25, 0.3) is 10.0 Å². The summed E-state index contributed by atoms with van der Waals surface area (Å²) in [6.07, 6.45) is 5.52. The van der Waals surface area contributed by atoms with Gasteiger partial charge in [0, 0.05) is 12.6 Å². The number of methoxy groups -OCH3 is 1. The van der Waals surface area contributed by atoms with Crippen molar-refractivity contribution in [1.29, 1.82) is 0 Å². The number of carbonyl (C=O) groups is 2. The summed E-state index contributed by atoms with van der Waals surface area (Å²) in [7, 11) is -2.73. The van der Waals surface area contributed by atoms with Crippen LogP contribution in [0.3, 0.4) is 0 Å². The molecular weight excluding hydrogens is 574 g/mol. The number of nitrogens with one attached hydrogen (secondary N) is 1. The van der Waals surface area contributed by atoms with Crippen molar-refractivity contribution in [2.45, 2.75) is 89.7 Å². The van der Waals surface area contributed by atoms with Crippen LogP contribution in [0.25, 0.3) is 0 Å². The molecule has 0 radical (unpaired) electrons. The molecule has 0 heterocycles. The average Bonchev–Trinajstić information content (AvgIpc) is 3.01. The Kier molecular flexibility index (Phi) is 11.1. The first kappa shape index (κ1) is 33.1. The first-order valence-corrected chi connectivity index (χ1v) is 16.9. The zero-order chi connectivity index (χ0) is 31.9. The number of benzene rings is 3. The van der Waals surface area contributed by atoms with E-state index in [9.17, 15) is 18.0 Å². The van der Waals surface area contributed by atoms with Gasteiger partial charge >= 0.3 is 0 Å². The maximum absolute atomic E-state index is 14.4. The molecule has 0 spiro atoms. The van der Waals surface area contributed by atoms with Crippen molar-refractivity contribution in [3.63, 3.8) is 0 Å². The second-order valence-corrected chi connectivity index (χ2v) is 13.6. The third-order valence-electron chi connectivity index (χ3n) is 8.30. The van der Waals surface area contributed by atoms with Crippen molar-refractivity contribution in [3.05, 3.63) is 89.0 Å². The Morgan fingerprint density at radius 1 is 0.886 bits per heavy atom. The highest BCUT2D eigenvalue weighted by Crippen LogP contribution is 2.34. The molecule has 3 aromatic rings. The highest BCUT2D eigenvalue weighted by molar-refractivity contribution is 7.92.